The van der Waals surface area contributed by atoms with Gasteiger partial charge in [-0.05, 0) is 96.7 Å². The number of aldehydes is 1. The number of hydrogen-bond acceptors (Lipinski definition) is 8. The van der Waals surface area contributed by atoms with Gasteiger partial charge in [0.2, 0.25) is 0 Å². The van der Waals surface area contributed by atoms with E-state index in [9.17, 15) is 25.2 Å². The average molecular weight is 551 g/mol. The Labute approximate surface area is 232 Å². The standard InChI is InChI=1S/C31H50O8/c1-17-9-14-37-23-21(17)28(4)11-12-31-16-30(31)10-8-20(39-26(38-15-13-32)22(33)25(35)36)27(2,3)18(30)6-7-19(31)29(28,5)24(23)34/h13,17-26,33-36H,6-12,14-16H2,1-5H3/t17-,18?,19?,20?,21+,22-,23?,24+,26?,28?,29-,30?,31?/m1/s1. The lowest BCUT2D eigenvalue weighted by atomic mass is 9.41. The predicted molar refractivity (Wildman–Crippen MR) is 142 cm³/mol. The van der Waals surface area contributed by atoms with Crippen molar-refractivity contribution in [3.63, 3.8) is 0 Å². The second-order valence-corrected chi connectivity index (χ2v) is 15.2. The molecule has 39 heavy (non-hydrogen) atoms. The summed E-state index contributed by atoms with van der Waals surface area (Å²) in [5.41, 5.74) is 0.136. The molecule has 1 aliphatic heterocycles. The molecule has 6 rings (SSSR count). The van der Waals surface area contributed by atoms with Crippen molar-refractivity contribution in [1.82, 2.24) is 0 Å². The van der Waals surface area contributed by atoms with Crippen molar-refractivity contribution in [3.05, 3.63) is 0 Å². The van der Waals surface area contributed by atoms with E-state index in [1.165, 1.54) is 12.8 Å². The van der Waals surface area contributed by atoms with E-state index in [2.05, 4.69) is 34.6 Å². The first-order valence-corrected chi connectivity index (χ1v) is 15.4. The van der Waals surface area contributed by atoms with Crippen LogP contribution in [0.15, 0.2) is 0 Å². The van der Waals surface area contributed by atoms with Gasteiger partial charge in [-0.2, -0.15) is 0 Å². The molecule has 0 aromatic rings. The summed E-state index contributed by atoms with van der Waals surface area (Å²) in [6, 6.07) is 0. The molecule has 222 valence electrons. The summed E-state index contributed by atoms with van der Waals surface area (Å²) in [6.45, 7) is 12.2. The fourth-order valence-electron chi connectivity index (χ4n) is 12.0. The summed E-state index contributed by atoms with van der Waals surface area (Å²) in [6.07, 6.45) is 3.47. The Balaban J connectivity index is 1.27. The second-order valence-electron chi connectivity index (χ2n) is 15.2. The summed E-state index contributed by atoms with van der Waals surface area (Å²) < 4.78 is 18.0. The van der Waals surface area contributed by atoms with Crippen molar-refractivity contribution >= 4 is 6.29 Å². The van der Waals surface area contributed by atoms with Crippen molar-refractivity contribution in [1.29, 1.82) is 0 Å². The number of rotatable bonds is 7. The normalized spacial score (nSPS) is 53.0. The molecule has 5 saturated carbocycles. The third-order valence-corrected chi connectivity index (χ3v) is 13.9. The van der Waals surface area contributed by atoms with Gasteiger partial charge in [-0.15, -0.1) is 0 Å². The Hall–Kier alpha value is -0.610. The first-order chi connectivity index (χ1) is 18.3. The van der Waals surface area contributed by atoms with Crippen molar-refractivity contribution in [3.8, 4) is 0 Å². The molecular formula is C31H50O8. The Morgan fingerprint density at radius 2 is 1.67 bits per heavy atom. The van der Waals surface area contributed by atoms with Crippen LogP contribution in [0, 0.1) is 50.7 Å². The van der Waals surface area contributed by atoms with E-state index in [0.29, 0.717) is 30.0 Å². The number of carbonyl (C=O) groups is 1. The molecule has 0 aromatic heterocycles. The van der Waals surface area contributed by atoms with Gasteiger partial charge >= 0.3 is 0 Å². The first-order valence-electron chi connectivity index (χ1n) is 15.4. The smallest absolute Gasteiger partial charge is 0.189 e. The van der Waals surface area contributed by atoms with E-state index >= 15 is 0 Å². The van der Waals surface area contributed by atoms with Crippen LogP contribution in [-0.2, 0) is 19.0 Å². The van der Waals surface area contributed by atoms with Crippen LogP contribution in [0.5, 0.6) is 0 Å². The molecule has 8 heteroatoms. The van der Waals surface area contributed by atoms with Crippen LogP contribution in [0.4, 0.5) is 0 Å². The quantitative estimate of drug-likeness (QED) is 0.282. The molecule has 1 heterocycles. The Kier molecular flexibility index (Phi) is 6.72. The van der Waals surface area contributed by atoms with E-state index < -0.39 is 24.8 Å². The minimum atomic E-state index is -2.02. The zero-order chi connectivity index (χ0) is 28.2. The van der Waals surface area contributed by atoms with Crippen LogP contribution in [0.1, 0.15) is 86.0 Å². The van der Waals surface area contributed by atoms with E-state index in [-0.39, 0.29) is 45.9 Å². The molecule has 0 bridgehead atoms. The lowest BCUT2D eigenvalue weighted by Crippen LogP contribution is -2.60. The average Bonchev–Trinajstić information content (AvgIpc) is 3.52. The van der Waals surface area contributed by atoms with Gasteiger partial charge in [0.05, 0.1) is 18.3 Å². The highest BCUT2D eigenvalue weighted by atomic mass is 16.7. The summed E-state index contributed by atoms with van der Waals surface area (Å²) >= 11 is 0. The molecule has 0 amide bonds. The maximum Gasteiger partial charge on any atom is 0.189 e. The third kappa shape index (κ3) is 3.52. The zero-order valence-electron chi connectivity index (χ0n) is 24.3. The molecule has 13 atom stereocenters. The SMILES string of the molecule is C[C@@H]1CCOC2[C@H]1C1(C)CCC34CC35CCC(OC(OCC=O)[C@H](O)C(O)O)C(C)(C)C5CCC4[C@]1(C)[C@H]2O. The van der Waals surface area contributed by atoms with Gasteiger partial charge in [0.1, 0.15) is 12.9 Å². The van der Waals surface area contributed by atoms with E-state index in [4.69, 9.17) is 14.2 Å². The fraction of sp³-hybridized carbons (Fsp3) is 0.968. The highest BCUT2D eigenvalue weighted by Crippen LogP contribution is 2.89. The number of aliphatic hydroxyl groups is 4. The van der Waals surface area contributed by atoms with Crippen molar-refractivity contribution in [2.45, 2.75) is 123 Å². The van der Waals surface area contributed by atoms with Gasteiger partial charge in [0, 0.05) is 12.0 Å². The van der Waals surface area contributed by atoms with E-state index in [0.717, 1.165) is 45.1 Å². The number of ether oxygens (including phenoxy) is 3. The lowest BCUT2D eigenvalue weighted by Gasteiger charge is -2.63. The van der Waals surface area contributed by atoms with Gasteiger partial charge in [0.25, 0.3) is 0 Å². The number of hydrogen-bond donors (Lipinski definition) is 4. The number of aliphatic hydroxyl groups excluding tert-OH is 3. The van der Waals surface area contributed by atoms with Gasteiger partial charge in [-0.25, -0.2) is 0 Å². The molecule has 8 nitrogen and oxygen atoms in total. The Bertz CT molecular complexity index is 970. The zero-order valence-corrected chi connectivity index (χ0v) is 24.3. The molecule has 0 aromatic carbocycles. The van der Waals surface area contributed by atoms with Crippen molar-refractivity contribution in [2.24, 2.45) is 50.7 Å². The molecule has 8 unspecified atom stereocenters. The van der Waals surface area contributed by atoms with Gasteiger partial charge in [-0.3, -0.25) is 0 Å². The molecule has 1 saturated heterocycles. The lowest BCUT2D eigenvalue weighted by molar-refractivity contribution is -0.284. The van der Waals surface area contributed by atoms with Crippen LogP contribution >= 0.6 is 0 Å². The third-order valence-electron chi connectivity index (χ3n) is 13.9. The topological polar surface area (TPSA) is 126 Å². The maximum absolute atomic E-state index is 12.0. The second kappa shape index (κ2) is 9.19. The number of fused-ring (bicyclic) bond motifs is 4. The molecule has 5 aliphatic carbocycles. The number of carbonyl (C=O) groups excluding carboxylic acids is 1. The van der Waals surface area contributed by atoms with E-state index in [1.54, 1.807) is 0 Å². The molecule has 6 fully saturated rings. The Morgan fingerprint density at radius 1 is 0.974 bits per heavy atom. The molecule has 6 aliphatic rings. The summed E-state index contributed by atoms with van der Waals surface area (Å²) in [5.74, 6) is 1.87. The summed E-state index contributed by atoms with van der Waals surface area (Å²) in [7, 11) is 0. The van der Waals surface area contributed by atoms with Gasteiger partial charge < -0.3 is 39.4 Å². The van der Waals surface area contributed by atoms with Crippen LogP contribution < -0.4 is 0 Å². The predicted octanol–water partition coefficient (Wildman–Crippen LogP) is 3.03. The van der Waals surface area contributed by atoms with Crippen molar-refractivity contribution < 1.29 is 39.4 Å². The monoisotopic (exact) mass is 550 g/mol. The van der Waals surface area contributed by atoms with Crippen LogP contribution in [0.2, 0.25) is 0 Å². The largest absolute Gasteiger partial charge is 0.390 e. The van der Waals surface area contributed by atoms with Crippen molar-refractivity contribution in [2.75, 3.05) is 13.2 Å². The van der Waals surface area contributed by atoms with Crippen LogP contribution in [0.25, 0.3) is 0 Å². The maximum atomic E-state index is 12.0. The highest BCUT2D eigenvalue weighted by molar-refractivity contribution is 5.50. The first kappa shape index (κ1) is 28.5. The molecular weight excluding hydrogens is 500 g/mol. The minimum Gasteiger partial charge on any atom is -0.390 e. The van der Waals surface area contributed by atoms with Gasteiger partial charge in [0.15, 0.2) is 18.7 Å². The summed E-state index contributed by atoms with van der Waals surface area (Å²) in [4.78, 5) is 10.9. The fourth-order valence-corrected chi connectivity index (χ4v) is 12.0. The van der Waals surface area contributed by atoms with Crippen LogP contribution in [-0.4, -0.2) is 76.9 Å². The molecule has 0 radical (unpaired) electrons. The minimum absolute atomic E-state index is 0.0523. The van der Waals surface area contributed by atoms with Crippen LogP contribution in [0.3, 0.4) is 0 Å². The Morgan fingerprint density at radius 3 is 2.36 bits per heavy atom. The highest BCUT2D eigenvalue weighted by Gasteiger charge is 2.84. The van der Waals surface area contributed by atoms with E-state index in [1.807, 2.05) is 0 Å². The summed E-state index contributed by atoms with van der Waals surface area (Å²) in [5, 5.41) is 41.5. The molecule has 4 N–H and O–H groups in total. The molecule has 2 spiro atoms. The van der Waals surface area contributed by atoms with Gasteiger partial charge in [-0.1, -0.05) is 34.6 Å².